The zero-order chi connectivity index (χ0) is 23.8. The second-order valence-corrected chi connectivity index (χ2v) is 10.9. The van der Waals surface area contributed by atoms with Crippen molar-refractivity contribution >= 4 is 45.4 Å². The van der Waals surface area contributed by atoms with E-state index in [9.17, 15) is 4.79 Å². The number of hydrogen-bond donors (Lipinski definition) is 1. The lowest BCUT2D eigenvalue weighted by atomic mass is 10.2. The first kappa shape index (κ1) is 25.1. The monoisotopic (exact) mass is 543 g/mol. The van der Waals surface area contributed by atoms with Gasteiger partial charge in [0.15, 0.2) is 0 Å². The van der Waals surface area contributed by atoms with E-state index < -0.39 is 0 Å². The maximum atomic E-state index is 12.8. The first-order valence-electron chi connectivity index (χ1n) is 12.2. The first-order chi connectivity index (χ1) is 16.6. The molecule has 0 unspecified atom stereocenters. The Kier molecular flexibility index (Phi) is 9.36. The van der Waals surface area contributed by atoms with Crippen LogP contribution in [0.3, 0.4) is 0 Å². The standard InChI is InChI=1S/C27H34BrN3O2S/c1-33-25-12-11-21(18-23(25)28)17-22-19-31(24-9-4-5-10-26(24)34-22)20-27(32)29-13-8-16-30-14-6-2-3-7-15-30/h4-5,9-12,17-18H,2-3,6-8,13-16,19-20H2,1H3,(H,29,32). The van der Waals surface area contributed by atoms with Crippen LogP contribution in [0.2, 0.25) is 0 Å². The number of hydrogen-bond acceptors (Lipinski definition) is 5. The lowest BCUT2D eigenvalue weighted by Gasteiger charge is -2.32. The number of carbonyl (C=O) groups excluding carboxylic acids is 1. The molecule has 2 aliphatic heterocycles. The van der Waals surface area contributed by atoms with Gasteiger partial charge in [-0.3, -0.25) is 4.79 Å². The van der Waals surface area contributed by atoms with Gasteiger partial charge in [-0.2, -0.15) is 0 Å². The molecule has 2 aromatic carbocycles. The van der Waals surface area contributed by atoms with Gasteiger partial charge in [0.2, 0.25) is 5.91 Å². The highest BCUT2D eigenvalue weighted by atomic mass is 79.9. The van der Waals surface area contributed by atoms with Crippen LogP contribution in [-0.4, -0.2) is 57.2 Å². The highest BCUT2D eigenvalue weighted by Crippen LogP contribution is 2.41. The third-order valence-corrected chi connectivity index (χ3v) is 8.00. The summed E-state index contributed by atoms with van der Waals surface area (Å²) >= 11 is 5.35. The van der Waals surface area contributed by atoms with E-state index in [0.29, 0.717) is 13.1 Å². The number of fused-ring (bicyclic) bond motifs is 1. The van der Waals surface area contributed by atoms with Crippen LogP contribution in [-0.2, 0) is 4.79 Å². The van der Waals surface area contributed by atoms with Crippen molar-refractivity contribution in [2.45, 2.75) is 37.0 Å². The Morgan fingerprint density at radius 2 is 1.94 bits per heavy atom. The lowest BCUT2D eigenvalue weighted by Crippen LogP contribution is -2.40. The van der Waals surface area contributed by atoms with E-state index in [-0.39, 0.29) is 5.91 Å². The van der Waals surface area contributed by atoms with Crippen LogP contribution >= 0.6 is 27.7 Å². The van der Waals surface area contributed by atoms with E-state index in [1.54, 1.807) is 18.9 Å². The lowest BCUT2D eigenvalue weighted by molar-refractivity contribution is -0.119. The number of amides is 1. The summed E-state index contributed by atoms with van der Waals surface area (Å²) < 4.78 is 6.28. The van der Waals surface area contributed by atoms with Crippen LogP contribution < -0.4 is 15.0 Å². The van der Waals surface area contributed by atoms with Crippen LogP contribution in [0, 0.1) is 0 Å². The third-order valence-electron chi connectivity index (χ3n) is 6.30. The van der Waals surface area contributed by atoms with Gasteiger partial charge in [-0.1, -0.05) is 42.8 Å². The maximum absolute atomic E-state index is 12.8. The molecule has 1 amide bonds. The van der Waals surface area contributed by atoms with Crippen molar-refractivity contribution < 1.29 is 9.53 Å². The van der Waals surface area contributed by atoms with Crippen molar-refractivity contribution in [2.24, 2.45) is 0 Å². The highest BCUT2D eigenvalue weighted by molar-refractivity contribution is 9.10. The average Bonchev–Trinajstić information content (AvgIpc) is 3.11. The summed E-state index contributed by atoms with van der Waals surface area (Å²) in [5, 5.41) is 3.15. The van der Waals surface area contributed by atoms with Gasteiger partial charge in [0.25, 0.3) is 0 Å². The van der Waals surface area contributed by atoms with Crippen LogP contribution in [0.1, 0.15) is 37.7 Å². The number of para-hydroxylation sites is 1. The molecule has 4 rings (SSSR count). The summed E-state index contributed by atoms with van der Waals surface area (Å²) in [7, 11) is 1.67. The second-order valence-electron chi connectivity index (χ2n) is 8.89. The SMILES string of the molecule is COc1ccc(C=C2CN(CC(=O)NCCCN3CCCCCC3)c3ccccc3S2)cc1Br. The molecule has 2 aliphatic rings. The summed E-state index contributed by atoms with van der Waals surface area (Å²) in [5.41, 5.74) is 2.23. The molecule has 0 aromatic heterocycles. The molecule has 1 N–H and O–H groups in total. The van der Waals surface area contributed by atoms with Gasteiger partial charge in [-0.25, -0.2) is 0 Å². The normalized spacial score (nSPS) is 17.8. The molecule has 1 fully saturated rings. The molecule has 0 radical (unpaired) electrons. The van der Waals surface area contributed by atoms with Crippen molar-refractivity contribution in [1.82, 2.24) is 10.2 Å². The fourth-order valence-corrected chi connectivity index (χ4v) is 6.25. The molecule has 0 atom stereocenters. The van der Waals surface area contributed by atoms with E-state index >= 15 is 0 Å². The predicted molar refractivity (Wildman–Crippen MR) is 146 cm³/mol. The van der Waals surface area contributed by atoms with Crippen LogP contribution in [0.15, 0.2) is 56.7 Å². The highest BCUT2D eigenvalue weighted by Gasteiger charge is 2.22. The van der Waals surface area contributed by atoms with Gasteiger partial charge >= 0.3 is 0 Å². The van der Waals surface area contributed by atoms with Crippen LogP contribution in [0.25, 0.3) is 6.08 Å². The van der Waals surface area contributed by atoms with Crippen LogP contribution in [0.4, 0.5) is 5.69 Å². The number of nitrogens with one attached hydrogen (secondary N) is 1. The van der Waals surface area contributed by atoms with Crippen molar-refractivity contribution in [2.75, 3.05) is 51.3 Å². The topological polar surface area (TPSA) is 44.8 Å². The van der Waals surface area contributed by atoms with E-state index in [1.807, 2.05) is 12.1 Å². The number of nitrogens with zero attached hydrogens (tertiary/aromatic N) is 2. The van der Waals surface area contributed by atoms with Gasteiger partial charge in [0.1, 0.15) is 5.75 Å². The molecule has 0 bridgehead atoms. The van der Waals surface area contributed by atoms with Crippen molar-refractivity contribution in [3.05, 3.63) is 57.4 Å². The van der Waals surface area contributed by atoms with Gasteiger partial charge in [0.05, 0.1) is 23.8 Å². The number of methoxy groups -OCH3 is 1. The molecule has 5 nitrogen and oxygen atoms in total. The molecular weight excluding hydrogens is 510 g/mol. The van der Waals surface area contributed by atoms with Gasteiger partial charge in [-0.05, 0) is 90.7 Å². The fraction of sp³-hybridized carbons (Fsp3) is 0.444. The van der Waals surface area contributed by atoms with E-state index in [0.717, 1.165) is 41.0 Å². The molecule has 2 aromatic rings. The third kappa shape index (κ3) is 7.03. The first-order valence-corrected chi connectivity index (χ1v) is 13.8. The van der Waals surface area contributed by atoms with Crippen molar-refractivity contribution in [3.8, 4) is 5.75 Å². The van der Waals surface area contributed by atoms with Crippen molar-refractivity contribution in [1.29, 1.82) is 0 Å². The summed E-state index contributed by atoms with van der Waals surface area (Å²) in [5.74, 6) is 0.905. The van der Waals surface area contributed by atoms with E-state index in [2.05, 4.69) is 67.5 Å². The minimum Gasteiger partial charge on any atom is -0.496 e. The molecule has 1 saturated heterocycles. The summed E-state index contributed by atoms with van der Waals surface area (Å²) in [6.45, 7) is 5.31. The number of benzene rings is 2. The Labute approximate surface area is 216 Å². The Bertz CT molecular complexity index is 1010. The number of ether oxygens (including phenoxy) is 1. The Hall–Kier alpha value is -1.96. The van der Waals surface area contributed by atoms with E-state index in [1.165, 1.54) is 48.6 Å². The van der Waals surface area contributed by atoms with E-state index in [4.69, 9.17) is 4.74 Å². The molecule has 0 saturated carbocycles. The molecule has 34 heavy (non-hydrogen) atoms. The molecule has 0 aliphatic carbocycles. The smallest absolute Gasteiger partial charge is 0.239 e. The summed E-state index contributed by atoms with van der Waals surface area (Å²) in [6.07, 6.45) is 8.53. The minimum atomic E-state index is 0.0871. The molecule has 0 spiro atoms. The fourth-order valence-electron chi connectivity index (χ4n) is 4.55. The number of halogens is 1. The average molecular weight is 545 g/mol. The number of rotatable bonds is 8. The number of carbonyl (C=O) groups is 1. The Morgan fingerprint density at radius 3 is 2.71 bits per heavy atom. The van der Waals surface area contributed by atoms with Gasteiger partial charge in [-0.15, -0.1) is 0 Å². The second kappa shape index (κ2) is 12.7. The quantitative estimate of drug-likeness (QED) is 0.426. The van der Waals surface area contributed by atoms with Gasteiger partial charge < -0.3 is 19.9 Å². The van der Waals surface area contributed by atoms with Crippen molar-refractivity contribution in [3.63, 3.8) is 0 Å². The van der Waals surface area contributed by atoms with Gasteiger partial charge in [0, 0.05) is 22.9 Å². The van der Waals surface area contributed by atoms with Crippen LogP contribution in [0.5, 0.6) is 5.75 Å². The number of likely N-dealkylation sites (tertiary alicyclic amines) is 1. The number of thioether (sulfide) groups is 1. The Balaban J connectivity index is 1.35. The zero-order valence-electron chi connectivity index (χ0n) is 19.9. The minimum absolute atomic E-state index is 0.0871. The Morgan fingerprint density at radius 1 is 1.15 bits per heavy atom. The largest absolute Gasteiger partial charge is 0.496 e. The summed E-state index contributed by atoms with van der Waals surface area (Å²) in [4.78, 5) is 19.9. The molecule has 182 valence electrons. The summed E-state index contributed by atoms with van der Waals surface area (Å²) in [6, 6.07) is 14.4. The molecular formula is C27H34BrN3O2S. The molecule has 7 heteroatoms. The predicted octanol–water partition coefficient (Wildman–Crippen LogP) is 5.79. The number of anilines is 1. The zero-order valence-corrected chi connectivity index (χ0v) is 22.3. The molecule has 2 heterocycles. The maximum Gasteiger partial charge on any atom is 0.239 e.